The fraction of sp³-hybridized carbons (Fsp3) is 0.667. The average molecular weight is 266 g/mol. The van der Waals surface area contributed by atoms with Crippen LogP contribution in [-0.2, 0) is 23.5 Å². The van der Waals surface area contributed by atoms with E-state index in [2.05, 4.69) is 9.82 Å². The smallest absolute Gasteiger partial charge is 0.211 e. The third-order valence-corrected chi connectivity index (χ3v) is 3.78. The Balaban J connectivity index is 2.29. The third-order valence-electron chi connectivity index (χ3n) is 2.04. The first-order valence-corrected chi connectivity index (χ1v) is 7.23. The molecule has 0 atom stereocenters. The topological polar surface area (TPSA) is 64.0 Å². The van der Waals surface area contributed by atoms with Gasteiger partial charge in [0.2, 0.25) is 10.0 Å². The minimum atomic E-state index is -3.17. The molecule has 16 heavy (non-hydrogen) atoms. The van der Waals surface area contributed by atoms with Crippen LogP contribution < -0.4 is 4.72 Å². The lowest BCUT2D eigenvalue weighted by Crippen LogP contribution is -2.28. The van der Waals surface area contributed by atoms with Gasteiger partial charge in [-0.1, -0.05) is 0 Å². The Labute approximate surface area is 101 Å². The van der Waals surface area contributed by atoms with Crippen molar-refractivity contribution in [1.29, 1.82) is 0 Å². The Bertz CT molecular complexity index is 416. The summed E-state index contributed by atoms with van der Waals surface area (Å²) in [5, 5.41) is 4.00. The molecular weight excluding hydrogens is 250 g/mol. The molecule has 0 fully saturated rings. The predicted octanol–water partition coefficient (Wildman–Crippen LogP) is 0.511. The van der Waals surface area contributed by atoms with Gasteiger partial charge in [0.1, 0.15) is 0 Å². The summed E-state index contributed by atoms with van der Waals surface area (Å²) in [6.07, 6.45) is 4.72. The van der Waals surface area contributed by atoms with Crippen molar-refractivity contribution < 1.29 is 8.42 Å². The highest BCUT2D eigenvalue weighted by atomic mass is 35.5. The molecule has 92 valence electrons. The van der Waals surface area contributed by atoms with Crippen molar-refractivity contribution in [2.45, 2.75) is 12.8 Å². The zero-order valence-corrected chi connectivity index (χ0v) is 10.8. The summed E-state index contributed by atoms with van der Waals surface area (Å²) in [4.78, 5) is 0. The van der Waals surface area contributed by atoms with E-state index < -0.39 is 10.0 Å². The van der Waals surface area contributed by atoms with Crippen molar-refractivity contribution in [3.63, 3.8) is 0 Å². The number of alkyl halides is 1. The summed E-state index contributed by atoms with van der Waals surface area (Å²) in [5.41, 5.74) is 1.02. The van der Waals surface area contributed by atoms with Crippen LogP contribution in [0.4, 0.5) is 0 Å². The van der Waals surface area contributed by atoms with Gasteiger partial charge in [0.25, 0.3) is 0 Å². The molecule has 0 aliphatic rings. The van der Waals surface area contributed by atoms with Crippen LogP contribution in [0.1, 0.15) is 12.0 Å². The Morgan fingerprint density at radius 1 is 1.56 bits per heavy atom. The number of hydrogen-bond donors (Lipinski definition) is 1. The second-order valence-electron chi connectivity index (χ2n) is 3.53. The van der Waals surface area contributed by atoms with Crippen molar-refractivity contribution in [2.24, 2.45) is 7.05 Å². The number of aryl methyl sites for hydroxylation is 1. The van der Waals surface area contributed by atoms with Gasteiger partial charge in [-0.25, -0.2) is 13.1 Å². The van der Waals surface area contributed by atoms with E-state index >= 15 is 0 Å². The maximum atomic E-state index is 11.4. The zero-order chi connectivity index (χ0) is 12.0. The molecule has 1 heterocycles. The lowest BCUT2D eigenvalue weighted by molar-refractivity contribution is 0.580. The molecule has 0 saturated heterocycles. The number of aromatic nitrogens is 2. The molecule has 1 aromatic heterocycles. The van der Waals surface area contributed by atoms with Gasteiger partial charge < -0.3 is 0 Å². The quantitative estimate of drug-likeness (QED) is 0.731. The monoisotopic (exact) mass is 265 g/mol. The standard InChI is InChI=1S/C9H16ClN3O2S/c1-13-8-9(7-11-13)3-5-12-16(14,15)6-2-4-10/h7-8,12H,2-6H2,1H3. The molecule has 7 heteroatoms. The number of hydrogen-bond acceptors (Lipinski definition) is 3. The largest absolute Gasteiger partial charge is 0.276 e. The zero-order valence-electron chi connectivity index (χ0n) is 9.19. The van der Waals surface area contributed by atoms with Crippen molar-refractivity contribution in [2.75, 3.05) is 18.2 Å². The van der Waals surface area contributed by atoms with E-state index in [1.54, 1.807) is 10.9 Å². The summed E-state index contributed by atoms with van der Waals surface area (Å²) in [5.74, 6) is 0.451. The summed E-state index contributed by atoms with van der Waals surface area (Å²) in [6.45, 7) is 0.399. The molecular formula is C9H16ClN3O2S. The lowest BCUT2D eigenvalue weighted by atomic mass is 10.3. The van der Waals surface area contributed by atoms with Gasteiger partial charge in [0.15, 0.2) is 0 Å². The number of nitrogens with one attached hydrogen (secondary N) is 1. The number of sulfonamides is 1. The van der Waals surface area contributed by atoms with Crippen molar-refractivity contribution in [1.82, 2.24) is 14.5 Å². The molecule has 0 amide bonds. The molecule has 0 saturated carbocycles. The molecule has 0 radical (unpaired) electrons. The summed E-state index contributed by atoms with van der Waals surface area (Å²) in [6, 6.07) is 0. The van der Waals surface area contributed by atoms with E-state index in [9.17, 15) is 8.42 Å². The van der Waals surface area contributed by atoms with Crippen molar-refractivity contribution in [3.8, 4) is 0 Å². The van der Waals surface area contributed by atoms with Crippen LogP contribution in [0.25, 0.3) is 0 Å². The molecule has 0 bridgehead atoms. The SMILES string of the molecule is Cn1cc(CCNS(=O)(=O)CCCCl)cn1. The van der Waals surface area contributed by atoms with E-state index in [1.807, 2.05) is 13.2 Å². The Hall–Kier alpha value is -0.590. The average Bonchev–Trinajstić information content (AvgIpc) is 2.61. The Morgan fingerprint density at radius 3 is 2.88 bits per heavy atom. The molecule has 0 spiro atoms. The summed E-state index contributed by atoms with van der Waals surface area (Å²) >= 11 is 5.44. The first-order valence-electron chi connectivity index (χ1n) is 5.04. The van der Waals surface area contributed by atoms with E-state index in [0.29, 0.717) is 25.3 Å². The lowest BCUT2D eigenvalue weighted by Gasteiger charge is -2.04. The molecule has 1 N–H and O–H groups in total. The van der Waals surface area contributed by atoms with Gasteiger partial charge in [-0.3, -0.25) is 4.68 Å². The maximum absolute atomic E-state index is 11.4. The first kappa shape index (κ1) is 13.5. The third kappa shape index (κ3) is 4.96. The normalized spacial score (nSPS) is 11.9. The highest BCUT2D eigenvalue weighted by Gasteiger charge is 2.08. The van der Waals surface area contributed by atoms with Crippen LogP contribution in [0.3, 0.4) is 0 Å². The van der Waals surface area contributed by atoms with Gasteiger partial charge in [-0.2, -0.15) is 5.10 Å². The molecule has 5 nitrogen and oxygen atoms in total. The second kappa shape index (κ2) is 6.22. The van der Waals surface area contributed by atoms with Crippen LogP contribution in [-0.4, -0.2) is 36.4 Å². The first-order chi connectivity index (χ1) is 7.53. The molecule has 0 aromatic carbocycles. The van der Waals surface area contributed by atoms with Gasteiger partial charge in [-0.05, 0) is 18.4 Å². The van der Waals surface area contributed by atoms with E-state index in [1.165, 1.54) is 0 Å². The highest BCUT2D eigenvalue weighted by molar-refractivity contribution is 7.89. The molecule has 0 unspecified atom stereocenters. The number of rotatable bonds is 7. The Morgan fingerprint density at radius 2 is 2.31 bits per heavy atom. The van der Waals surface area contributed by atoms with E-state index in [4.69, 9.17) is 11.6 Å². The van der Waals surface area contributed by atoms with Crippen LogP contribution >= 0.6 is 11.6 Å². The van der Waals surface area contributed by atoms with Crippen molar-refractivity contribution in [3.05, 3.63) is 18.0 Å². The molecule has 0 aliphatic heterocycles. The van der Waals surface area contributed by atoms with Crippen LogP contribution in [0.15, 0.2) is 12.4 Å². The van der Waals surface area contributed by atoms with E-state index in [-0.39, 0.29) is 5.75 Å². The second-order valence-corrected chi connectivity index (χ2v) is 5.83. The van der Waals surface area contributed by atoms with Gasteiger partial charge in [0, 0.05) is 25.7 Å². The predicted molar refractivity (Wildman–Crippen MR) is 64.0 cm³/mol. The maximum Gasteiger partial charge on any atom is 0.211 e. The van der Waals surface area contributed by atoms with Gasteiger partial charge >= 0.3 is 0 Å². The summed E-state index contributed by atoms with van der Waals surface area (Å²) < 4.78 is 27.0. The summed E-state index contributed by atoms with van der Waals surface area (Å²) in [7, 11) is -1.34. The van der Waals surface area contributed by atoms with Crippen LogP contribution in [0, 0.1) is 0 Å². The van der Waals surface area contributed by atoms with Crippen LogP contribution in [0.2, 0.25) is 0 Å². The molecule has 1 aromatic rings. The fourth-order valence-corrected chi connectivity index (χ4v) is 2.64. The number of halogens is 1. The minimum Gasteiger partial charge on any atom is -0.276 e. The van der Waals surface area contributed by atoms with Crippen LogP contribution in [0.5, 0.6) is 0 Å². The Kier molecular flexibility index (Phi) is 5.24. The molecule has 1 rings (SSSR count). The molecule has 0 aliphatic carbocycles. The number of nitrogens with zero attached hydrogens (tertiary/aromatic N) is 2. The van der Waals surface area contributed by atoms with Crippen molar-refractivity contribution >= 4 is 21.6 Å². The van der Waals surface area contributed by atoms with E-state index in [0.717, 1.165) is 5.56 Å². The fourth-order valence-electron chi connectivity index (χ4n) is 1.27. The highest BCUT2D eigenvalue weighted by Crippen LogP contribution is 1.97. The minimum absolute atomic E-state index is 0.0868. The van der Waals surface area contributed by atoms with Gasteiger partial charge in [0.05, 0.1) is 11.9 Å². The van der Waals surface area contributed by atoms with Gasteiger partial charge in [-0.15, -0.1) is 11.6 Å².